The Morgan fingerprint density at radius 2 is 1.83 bits per heavy atom. The normalized spacial score (nSPS) is 12.9. The summed E-state index contributed by atoms with van der Waals surface area (Å²) >= 11 is 1.93. The lowest BCUT2D eigenvalue weighted by atomic mass is 10.1. The van der Waals surface area contributed by atoms with E-state index in [1.165, 1.54) is 10.5 Å². The molecule has 0 aliphatic carbocycles. The van der Waals surface area contributed by atoms with Crippen LogP contribution in [0.3, 0.4) is 0 Å². The van der Waals surface area contributed by atoms with Crippen LogP contribution in [0.4, 0.5) is 0 Å². The molecule has 1 atom stereocenters. The van der Waals surface area contributed by atoms with E-state index in [2.05, 4.69) is 49.9 Å². The lowest BCUT2D eigenvalue weighted by molar-refractivity contribution is 0.324. The lowest BCUT2D eigenvalue weighted by Crippen LogP contribution is -2.25. The average molecular weight is 266 g/mol. The van der Waals surface area contributed by atoms with E-state index in [-0.39, 0.29) is 6.04 Å². The van der Waals surface area contributed by atoms with Crippen molar-refractivity contribution in [2.45, 2.75) is 38.1 Å². The minimum atomic E-state index is 0.169. The fourth-order valence-electron chi connectivity index (χ4n) is 1.96. The number of thioether (sulfide) groups is 1. The first-order valence-electron chi connectivity index (χ1n) is 6.92. The largest absolute Gasteiger partial charge is 0.324 e. The van der Waals surface area contributed by atoms with Gasteiger partial charge in [-0.3, -0.25) is 0 Å². The van der Waals surface area contributed by atoms with Gasteiger partial charge in [-0.05, 0) is 31.1 Å². The minimum Gasteiger partial charge on any atom is -0.324 e. The van der Waals surface area contributed by atoms with E-state index in [9.17, 15) is 0 Å². The monoisotopic (exact) mass is 266 g/mol. The fourth-order valence-corrected chi connectivity index (χ4v) is 3.09. The smallest absolute Gasteiger partial charge is 0.0303 e. The molecule has 0 heterocycles. The highest BCUT2D eigenvalue weighted by molar-refractivity contribution is 7.99. The van der Waals surface area contributed by atoms with Crippen molar-refractivity contribution in [1.29, 1.82) is 0 Å². The van der Waals surface area contributed by atoms with Gasteiger partial charge in [0, 0.05) is 23.2 Å². The molecule has 0 saturated heterocycles. The molecule has 1 rings (SSSR count). The van der Waals surface area contributed by atoms with E-state index in [0.717, 1.165) is 31.8 Å². The number of hydrogen-bond donors (Lipinski definition) is 1. The predicted molar refractivity (Wildman–Crippen MR) is 82.2 cm³/mol. The number of hydrogen-bond acceptors (Lipinski definition) is 3. The molecule has 2 nitrogen and oxygen atoms in total. The highest BCUT2D eigenvalue weighted by Crippen LogP contribution is 2.27. The molecular formula is C15H26N2S. The van der Waals surface area contributed by atoms with E-state index in [0.29, 0.717) is 0 Å². The summed E-state index contributed by atoms with van der Waals surface area (Å²) < 4.78 is 0. The molecule has 0 amide bonds. The minimum absolute atomic E-state index is 0.169. The van der Waals surface area contributed by atoms with Crippen molar-refractivity contribution in [3.63, 3.8) is 0 Å². The summed E-state index contributed by atoms with van der Waals surface area (Å²) in [6, 6.07) is 8.71. The molecule has 0 aliphatic heterocycles. The van der Waals surface area contributed by atoms with Gasteiger partial charge < -0.3 is 10.6 Å². The zero-order chi connectivity index (χ0) is 13.4. The molecule has 1 aromatic rings. The quantitative estimate of drug-likeness (QED) is 0.730. The first-order valence-corrected chi connectivity index (χ1v) is 7.91. The van der Waals surface area contributed by atoms with Gasteiger partial charge in [0.1, 0.15) is 0 Å². The maximum atomic E-state index is 6.16. The summed E-state index contributed by atoms with van der Waals surface area (Å²) in [6.45, 7) is 9.99. The number of benzene rings is 1. The van der Waals surface area contributed by atoms with Gasteiger partial charge in [0.25, 0.3) is 0 Å². The van der Waals surface area contributed by atoms with Gasteiger partial charge in [-0.25, -0.2) is 0 Å². The summed E-state index contributed by atoms with van der Waals surface area (Å²) in [4.78, 5) is 3.80. The zero-order valence-electron chi connectivity index (χ0n) is 11.9. The van der Waals surface area contributed by atoms with Crippen LogP contribution in [0.1, 0.15) is 38.8 Å². The highest BCUT2D eigenvalue weighted by atomic mass is 32.2. The molecule has 0 fully saturated rings. The van der Waals surface area contributed by atoms with Gasteiger partial charge in [-0.15, -0.1) is 11.8 Å². The molecule has 0 bridgehead atoms. The van der Waals surface area contributed by atoms with Crippen LogP contribution in [0.2, 0.25) is 0 Å². The van der Waals surface area contributed by atoms with Crippen LogP contribution in [-0.2, 0) is 0 Å². The molecule has 3 heteroatoms. The third-order valence-electron chi connectivity index (χ3n) is 3.32. The Morgan fingerprint density at radius 1 is 1.17 bits per heavy atom. The third kappa shape index (κ3) is 4.63. The molecule has 2 N–H and O–H groups in total. The van der Waals surface area contributed by atoms with Gasteiger partial charge in [0.15, 0.2) is 0 Å². The first-order chi connectivity index (χ1) is 8.72. The second-order valence-electron chi connectivity index (χ2n) is 4.43. The average Bonchev–Trinajstić information content (AvgIpc) is 2.43. The zero-order valence-corrected chi connectivity index (χ0v) is 12.7. The maximum Gasteiger partial charge on any atom is 0.0303 e. The molecule has 0 saturated carbocycles. The second kappa shape index (κ2) is 8.57. The van der Waals surface area contributed by atoms with Crippen molar-refractivity contribution < 1.29 is 0 Å². The highest BCUT2D eigenvalue weighted by Gasteiger charge is 2.09. The summed E-state index contributed by atoms with van der Waals surface area (Å²) in [5, 5.41) is 0. The van der Waals surface area contributed by atoms with E-state index < -0.39 is 0 Å². The van der Waals surface area contributed by atoms with E-state index in [1.54, 1.807) is 0 Å². The topological polar surface area (TPSA) is 29.3 Å². The van der Waals surface area contributed by atoms with Gasteiger partial charge >= 0.3 is 0 Å². The number of rotatable bonds is 8. The summed E-state index contributed by atoms with van der Waals surface area (Å²) in [6.07, 6.45) is 0.994. The SMILES string of the molecule is CCC(N)c1ccccc1SCCN(CC)CC. The van der Waals surface area contributed by atoms with Crippen LogP contribution in [0.15, 0.2) is 29.2 Å². The van der Waals surface area contributed by atoms with Crippen molar-refractivity contribution in [3.8, 4) is 0 Å². The molecule has 1 aromatic carbocycles. The van der Waals surface area contributed by atoms with Crippen molar-refractivity contribution in [2.75, 3.05) is 25.4 Å². The molecule has 0 radical (unpaired) electrons. The Bertz CT molecular complexity index is 337. The van der Waals surface area contributed by atoms with Crippen LogP contribution >= 0.6 is 11.8 Å². The van der Waals surface area contributed by atoms with Gasteiger partial charge in [0.2, 0.25) is 0 Å². The van der Waals surface area contributed by atoms with Crippen LogP contribution in [0, 0.1) is 0 Å². The van der Waals surface area contributed by atoms with Crippen molar-refractivity contribution >= 4 is 11.8 Å². The van der Waals surface area contributed by atoms with Crippen molar-refractivity contribution in [3.05, 3.63) is 29.8 Å². The van der Waals surface area contributed by atoms with Gasteiger partial charge in [-0.2, -0.15) is 0 Å². The Labute approximate surface area is 116 Å². The number of nitrogens with two attached hydrogens (primary N) is 1. The van der Waals surface area contributed by atoms with Crippen LogP contribution in [0.25, 0.3) is 0 Å². The fraction of sp³-hybridized carbons (Fsp3) is 0.600. The Morgan fingerprint density at radius 3 is 2.44 bits per heavy atom. The van der Waals surface area contributed by atoms with E-state index >= 15 is 0 Å². The lowest BCUT2D eigenvalue weighted by Gasteiger charge is -2.19. The Kier molecular flexibility index (Phi) is 7.40. The molecule has 0 spiro atoms. The van der Waals surface area contributed by atoms with Crippen molar-refractivity contribution in [1.82, 2.24) is 4.90 Å². The van der Waals surface area contributed by atoms with Crippen molar-refractivity contribution in [2.24, 2.45) is 5.73 Å². The summed E-state index contributed by atoms with van der Waals surface area (Å²) in [7, 11) is 0. The van der Waals surface area contributed by atoms with Gasteiger partial charge in [-0.1, -0.05) is 39.0 Å². The summed E-state index contributed by atoms with van der Waals surface area (Å²) in [5.41, 5.74) is 7.45. The van der Waals surface area contributed by atoms with Crippen LogP contribution in [-0.4, -0.2) is 30.3 Å². The molecule has 1 unspecified atom stereocenters. The van der Waals surface area contributed by atoms with E-state index in [4.69, 9.17) is 5.73 Å². The molecule has 0 aliphatic rings. The van der Waals surface area contributed by atoms with Gasteiger partial charge in [0.05, 0.1) is 0 Å². The Hall–Kier alpha value is -0.510. The Balaban J connectivity index is 2.56. The van der Waals surface area contributed by atoms with Crippen LogP contribution in [0.5, 0.6) is 0 Å². The van der Waals surface area contributed by atoms with E-state index in [1.807, 2.05) is 11.8 Å². The predicted octanol–water partition coefficient (Wildman–Crippen LogP) is 3.53. The second-order valence-corrected chi connectivity index (χ2v) is 5.56. The molecule has 18 heavy (non-hydrogen) atoms. The standard InChI is InChI=1S/C15H26N2S/c1-4-14(16)13-9-7-8-10-15(13)18-12-11-17(5-2)6-3/h7-10,14H,4-6,11-12,16H2,1-3H3. The van der Waals surface area contributed by atoms with Crippen LogP contribution < -0.4 is 5.73 Å². The first kappa shape index (κ1) is 15.5. The molecule has 102 valence electrons. The maximum absolute atomic E-state index is 6.16. The molecular weight excluding hydrogens is 240 g/mol. The summed E-state index contributed by atoms with van der Waals surface area (Å²) in [5.74, 6) is 1.13. The number of nitrogens with zero attached hydrogens (tertiary/aromatic N) is 1. The molecule has 0 aromatic heterocycles. The third-order valence-corrected chi connectivity index (χ3v) is 4.39.